The summed E-state index contributed by atoms with van der Waals surface area (Å²) < 4.78 is 18.4. The molecule has 0 saturated heterocycles. The number of amides is 1. The van der Waals surface area contributed by atoms with Crippen molar-refractivity contribution in [2.45, 2.75) is 0 Å². The van der Waals surface area contributed by atoms with E-state index in [0.29, 0.717) is 38.3 Å². The number of ether oxygens (including phenoxy) is 1. The highest BCUT2D eigenvalue weighted by molar-refractivity contribution is 7.15. The molecule has 3 aromatic heterocycles. The smallest absolute Gasteiger partial charge is 0.341 e. The van der Waals surface area contributed by atoms with Crippen LogP contribution in [-0.2, 0) is 4.74 Å². The van der Waals surface area contributed by atoms with Gasteiger partial charge in [-0.1, -0.05) is 36.4 Å². The van der Waals surface area contributed by atoms with Crippen LogP contribution < -0.4 is 5.32 Å². The molecule has 168 valence electrons. The summed E-state index contributed by atoms with van der Waals surface area (Å²) in [6.07, 6.45) is 0. The number of hydrogen-bond acceptors (Lipinski definition) is 6. The van der Waals surface area contributed by atoms with E-state index in [1.165, 1.54) is 30.6 Å². The van der Waals surface area contributed by atoms with Crippen LogP contribution in [0.4, 0.5) is 9.39 Å². The van der Waals surface area contributed by atoms with E-state index in [1.54, 1.807) is 34.9 Å². The number of hydrogen-bond donors (Lipinski definition) is 1. The summed E-state index contributed by atoms with van der Waals surface area (Å²) in [7, 11) is 1.28. The molecular formula is C26H17FN2O3S2. The van der Waals surface area contributed by atoms with Gasteiger partial charge in [0.25, 0.3) is 5.91 Å². The number of carbonyl (C=O) groups excluding carboxylic acids is 2. The first-order valence-electron chi connectivity index (χ1n) is 10.3. The standard InChI is InChI=1S/C26H17FN2O3S2/c1-32-26(31)23-19(15-8-10-16(27)11-9-15)14-34-25(23)29-24(30)18-13-21(22-7-4-12-33-22)28-20-6-3-2-5-17(18)20/h2-14H,1H3,(H,29,30). The first-order valence-corrected chi connectivity index (χ1v) is 12.0. The lowest BCUT2D eigenvalue weighted by Gasteiger charge is -2.11. The number of aromatic nitrogens is 1. The molecule has 1 N–H and O–H groups in total. The van der Waals surface area contributed by atoms with Gasteiger partial charge in [0.1, 0.15) is 16.4 Å². The number of halogens is 1. The number of nitrogens with zero attached hydrogens (tertiary/aromatic N) is 1. The van der Waals surface area contributed by atoms with Crippen LogP contribution in [0, 0.1) is 5.82 Å². The highest BCUT2D eigenvalue weighted by Crippen LogP contribution is 2.37. The molecule has 0 fully saturated rings. The van der Waals surface area contributed by atoms with E-state index in [4.69, 9.17) is 9.72 Å². The number of pyridine rings is 1. The van der Waals surface area contributed by atoms with Gasteiger partial charge in [0.05, 0.1) is 28.8 Å². The second-order valence-electron chi connectivity index (χ2n) is 7.36. The molecule has 0 unspecified atom stereocenters. The summed E-state index contributed by atoms with van der Waals surface area (Å²) in [4.78, 5) is 31.8. The molecule has 2 aromatic carbocycles. The van der Waals surface area contributed by atoms with Gasteiger partial charge in [-0.25, -0.2) is 14.2 Å². The zero-order valence-corrected chi connectivity index (χ0v) is 19.5. The van der Waals surface area contributed by atoms with Crippen LogP contribution >= 0.6 is 22.7 Å². The first kappa shape index (κ1) is 21.9. The minimum atomic E-state index is -0.588. The van der Waals surface area contributed by atoms with Crippen LogP contribution in [0.5, 0.6) is 0 Å². The molecular weight excluding hydrogens is 471 g/mol. The zero-order chi connectivity index (χ0) is 23.7. The van der Waals surface area contributed by atoms with E-state index in [2.05, 4.69) is 5.32 Å². The van der Waals surface area contributed by atoms with Crippen LogP contribution in [0.25, 0.3) is 32.6 Å². The monoisotopic (exact) mass is 488 g/mol. The van der Waals surface area contributed by atoms with E-state index in [-0.39, 0.29) is 17.3 Å². The predicted molar refractivity (Wildman–Crippen MR) is 134 cm³/mol. The van der Waals surface area contributed by atoms with Crippen LogP contribution in [0.1, 0.15) is 20.7 Å². The topological polar surface area (TPSA) is 68.3 Å². The van der Waals surface area contributed by atoms with Crippen LogP contribution in [0.15, 0.2) is 77.5 Å². The molecule has 1 amide bonds. The number of esters is 1. The normalized spacial score (nSPS) is 10.9. The maximum atomic E-state index is 13.5. The Hall–Kier alpha value is -3.88. The molecule has 0 aliphatic carbocycles. The van der Waals surface area contributed by atoms with Crippen molar-refractivity contribution in [3.63, 3.8) is 0 Å². The minimum absolute atomic E-state index is 0.226. The van der Waals surface area contributed by atoms with Crippen molar-refractivity contribution >= 4 is 50.5 Å². The number of nitrogens with one attached hydrogen (secondary N) is 1. The van der Waals surface area contributed by atoms with Gasteiger partial charge in [-0.3, -0.25) is 4.79 Å². The number of fused-ring (bicyclic) bond motifs is 1. The summed E-state index contributed by atoms with van der Waals surface area (Å²) in [5, 5.41) is 7.65. The number of carbonyl (C=O) groups is 2. The summed E-state index contributed by atoms with van der Waals surface area (Å²) in [5.74, 6) is -1.33. The number of methoxy groups -OCH3 is 1. The Morgan fingerprint density at radius 3 is 2.53 bits per heavy atom. The molecule has 0 bridgehead atoms. The van der Waals surface area contributed by atoms with Crippen LogP contribution in [-0.4, -0.2) is 24.0 Å². The van der Waals surface area contributed by atoms with E-state index >= 15 is 0 Å². The van der Waals surface area contributed by atoms with Gasteiger partial charge in [-0.15, -0.1) is 22.7 Å². The highest BCUT2D eigenvalue weighted by atomic mass is 32.1. The third kappa shape index (κ3) is 4.09. The Bertz CT molecular complexity index is 1510. The molecule has 8 heteroatoms. The Morgan fingerprint density at radius 2 is 1.79 bits per heavy atom. The van der Waals surface area contributed by atoms with Gasteiger partial charge in [-0.05, 0) is 41.3 Å². The summed E-state index contributed by atoms with van der Waals surface area (Å²) in [5.41, 5.74) is 3.28. The highest BCUT2D eigenvalue weighted by Gasteiger charge is 2.24. The zero-order valence-electron chi connectivity index (χ0n) is 17.9. The van der Waals surface area contributed by atoms with Gasteiger partial charge in [0, 0.05) is 16.3 Å². The molecule has 5 aromatic rings. The van der Waals surface area contributed by atoms with Crippen LogP contribution in [0.2, 0.25) is 0 Å². The lowest BCUT2D eigenvalue weighted by Crippen LogP contribution is -2.15. The average Bonchev–Trinajstić information content (AvgIpc) is 3.54. The van der Waals surface area contributed by atoms with E-state index < -0.39 is 5.97 Å². The Labute approximate surface area is 202 Å². The Balaban J connectivity index is 1.58. The fraction of sp³-hybridized carbons (Fsp3) is 0.0385. The first-order chi connectivity index (χ1) is 16.5. The van der Waals surface area contributed by atoms with Crippen molar-refractivity contribution in [1.29, 1.82) is 0 Å². The fourth-order valence-electron chi connectivity index (χ4n) is 3.68. The molecule has 5 rings (SSSR count). The molecule has 0 atom stereocenters. The minimum Gasteiger partial charge on any atom is -0.465 e. The lowest BCUT2D eigenvalue weighted by molar-refractivity contribution is 0.0603. The van der Waals surface area contributed by atoms with Gasteiger partial charge in [0.2, 0.25) is 0 Å². The molecule has 5 nitrogen and oxygen atoms in total. The van der Waals surface area contributed by atoms with Gasteiger partial charge < -0.3 is 10.1 Å². The molecule has 0 aliphatic rings. The summed E-state index contributed by atoms with van der Waals surface area (Å²) in [6, 6.07) is 18.9. The molecule has 3 heterocycles. The second kappa shape index (κ2) is 9.17. The van der Waals surface area contributed by atoms with Gasteiger partial charge in [0.15, 0.2) is 0 Å². The summed E-state index contributed by atoms with van der Waals surface area (Å²) >= 11 is 2.75. The molecule has 0 aliphatic heterocycles. The molecule has 0 saturated carbocycles. The maximum absolute atomic E-state index is 13.5. The summed E-state index contributed by atoms with van der Waals surface area (Å²) in [6.45, 7) is 0. The van der Waals surface area contributed by atoms with E-state index in [1.807, 2.05) is 41.8 Å². The number of rotatable bonds is 5. The van der Waals surface area contributed by atoms with Crippen molar-refractivity contribution < 1.29 is 18.7 Å². The van der Waals surface area contributed by atoms with Crippen molar-refractivity contribution in [2.24, 2.45) is 0 Å². The Morgan fingerprint density at radius 1 is 1.00 bits per heavy atom. The number of anilines is 1. The number of benzene rings is 2. The predicted octanol–water partition coefficient (Wildman–Crippen LogP) is 6.87. The quantitative estimate of drug-likeness (QED) is 0.274. The van der Waals surface area contributed by atoms with Gasteiger partial charge in [-0.2, -0.15) is 0 Å². The van der Waals surface area contributed by atoms with Crippen molar-refractivity contribution in [1.82, 2.24) is 4.98 Å². The van der Waals surface area contributed by atoms with E-state index in [9.17, 15) is 14.0 Å². The van der Waals surface area contributed by atoms with E-state index in [0.717, 1.165) is 4.88 Å². The second-order valence-corrected chi connectivity index (χ2v) is 9.18. The van der Waals surface area contributed by atoms with Crippen molar-refractivity contribution in [3.05, 3.63) is 94.4 Å². The number of para-hydroxylation sites is 1. The largest absolute Gasteiger partial charge is 0.465 e. The number of thiophene rings is 2. The third-order valence-corrected chi connectivity index (χ3v) is 7.09. The maximum Gasteiger partial charge on any atom is 0.341 e. The molecule has 34 heavy (non-hydrogen) atoms. The van der Waals surface area contributed by atoms with Crippen molar-refractivity contribution in [2.75, 3.05) is 12.4 Å². The fourth-order valence-corrected chi connectivity index (χ4v) is 5.32. The third-order valence-electron chi connectivity index (χ3n) is 5.30. The molecule has 0 radical (unpaired) electrons. The molecule has 0 spiro atoms. The average molecular weight is 489 g/mol. The van der Waals surface area contributed by atoms with Crippen molar-refractivity contribution in [3.8, 4) is 21.7 Å². The van der Waals surface area contributed by atoms with Gasteiger partial charge >= 0.3 is 5.97 Å². The lowest BCUT2D eigenvalue weighted by atomic mass is 10.0. The van der Waals surface area contributed by atoms with Crippen LogP contribution in [0.3, 0.4) is 0 Å². The Kier molecular flexibility index (Phi) is 5.91. The SMILES string of the molecule is COC(=O)c1c(-c2ccc(F)cc2)csc1NC(=O)c1cc(-c2cccs2)nc2ccccc12.